The van der Waals surface area contributed by atoms with E-state index in [1.807, 2.05) is 0 Å². The zero-order valence-corrected chi connectivity index (χ0v) is 13.0. The summed E-state index contributed by atoms with van der Waals surface area (Å²) < 4.78 is 29.3. The van der Waals surface area contributed by atoms with Crippen molar-refractivity contribution < 1.29 is 18.3 Å². The molecule has 1 aromatic carbocycles. The van der Waals surface area contributed by atoms with Crippen molar-refractivity contribution in [2.75, 3.05) is 33.8 Å². The first-order chi connectivity index (χ1) is 10.5. The second-order valence-corrected chi connectivity index (χ2v) is 5.68. The van der Waals surface area contributed by atoms with E-state index in [9.17, 15) is 13.6 Å². The van der Waals surface area contributed by atoms with Crippen molar-refractivity contribution in [2.24, 2.45) is 0 Å². The highest BCUT2D eigenvalue weighted by Gasteiger charge is 2.24. The number of hydrogen-bond donors (Lipinski definition) is 0. The molecule has 4 nitrogen and oxygen atoms in total. The highest BCUT2D eigenvalue weighted by Crippen LogP contribution is 2.19. The Kier molecular flexibility index (Phi) is 5.71. The van der Waals surface area contributed by atoms with Crippen molar-refractivity contribution in [1.82, 2.24) is 9.80 Å². The standard InChI is InChI=1S/C16H22F2N2O2/c1-19-8-6-13(7-9-19)20(2)16(21)12-4-3-5-14(10-12)22-11-15(17)18/h3-5,10,13,15H,6-9,11H2,1-2H3. The molecule has 0 aliphatic carbocycles. The normalized spacial score (nSPS) is 16.8. The van der Waals surface area contributed by atoms with Gasteiger partial charge >= 0.3 is 0 Å². The Morgan fingerprint density at radius 2 is 2.09 bits per heavy atom. The second kappa shape index (κ2) is 7.54. The number of nitrogens with zero attached hydrogens (tertiary/aromatic N) is 2. The van der Waals surface area contributed by atoms with Crippen LogP contribution in [0, 0.1) is 0 Å². The number of ether oxygens (including phenoxy) is 1. The van der Waals surface area contributed by atoms with E-state index in [1.165, 1.54) is 6.07 Å². The summed E-state index contributed by atoms with van der Waals surface area (Å²) in [6.45, 7) is 1.28. The minimum Gasteiger partial charge on any atom is -0.488 e. The third kappa shape index (κ3) is 4.40. The zero-order chi connectivity index (χ0) is 16.1. The highest BCUT2D eigenvalue weighted by atomic mass is 19.3. The zero-order valence-electron chi connectivity index (χ0n) is 13.0. The molecule has 122 valence electrons. The SMILES string of the molecule is CN1CCC(N(C)C(=O)c2cccc(OCC(F)F)c2)CC1. The molecule has 0 spiro atoms. The first-order valence-corrected chi connectivity index (χ1v) is 7.44. The van der Waals surface area contributed by atoms with Crippen molar-refractivity contribution in [3.05, 3.63) is 29.8 Å². The van der Waals surface area contributed by atoms with Crippen molar-refractivity contribution in [3.63, 3.8) is 0 Å². The number of alkyl halides is 2. The fraction of sp³-hybridized carbons (Fsp3) is 0.562. The lowest BCUT2D eigenvalue weighted by molar-refractivity contribution is 0.0658. The average Bonchev–Trinajstić information content (AvgIpc) is 2.52. The number of likely N-dealkylation sites (tertiary alicyclic amines) is 1. The van der Waals surface area contributed by atoms with Crippen molar-refractivity contribution in [3.8, 4) is 5.75 Å². The summed E-state index contributed by atoms with van der Waals surface area (Å²) in [5.41, 5.74) is 0.466. The number of carbonyl (C=O) groups excluding carboxylic acids is 1. The second-order valence-electron chi connectivity index (χ2n) is 5.68. The Labute approximate surface area is 129 Å². The molecule has 1 heterocycles. The summed E-state index contributed by atoms with van der Waals surface area (Å²) in [6, 6.07) is 6.65. The van der Waals surface area contributed by atoms with Crippen LogP contribution in [0.15, 0.2) is 24.3 Å². The summed E-state index contributed by atoms with van der Waals surface area (Å²) in [5.74, 6) is 0.194. The van der Waals surface area contributed by atoms with Gasteiger partial charge in [-0.2, -0.15) is 0 Å². The van der Waals surface area contributed by atoms with Gasteiger partial charge in [-0.05, 0) is 51.2 Å². The van der Waals surface area contributed by atoms with Crippen molar-refractivity contribution in [2.45, 2.75) is 25.3 Å². The van der Waals surface area contributed by atoms with Crippen LogP contribution in [-0.4, -0.2) is 62.0 Å². The van der Waals surface area contributed by atoms with E-state index in [-0.39, 0.29) is 11.9 Å². The lowest BCUT2D eigenvalue weighted by Crippen LogP contribution is -2.44. The Hall–Kier alpha value is -1.69. The summed E-state index contributed by atoms with van der Waals surface area (Å²) in [5, 5.41) is 0. The van der Waals surface area contributed by atoms with Gasteiger partial charge in [0.2, 0.25) is 0 Å². The van der Waals surface area contributed by atoms with Crippen LogP contribution in [-0.2, 0) is 0 Å². The fourth-order valence-corrected chi connectivity index (χ4v) is 2.63. The number of hydrogen-bond acceptors (Lipinski definition) is 3. The quantitative estimate of drug-likeness (QED) is 0.837. The lowest BCUT2D eigenvalue weighted by Gasteiger charge is -2.35. The fourth-order valence-electron chi connectivity index (χ4n) is 2.63. The number of amides is 1. The molecular formula is C16H22F2N2O2. The molecule has 1 amide bonds. The third-order valence-corrected chi connectivity index (χ3v) is 4.01. The van der Waals surface area contributed by atoms with Gasteiger partial charge < -0.3 is 14.5 Å². The molecular weight excluding hydrogens is 290 g/mol. The van der Waals surface area contributed by atoms with Gasteiger partial charge in [0.1, 0.15) is 12.4 Å². The average molecular weight is 312 g/mol. The van der Waals surface area contributed by atoms with Crippen LogP contribution in [0.25, 0.3) is 0 Å². The predicted molar refractivity (Wildman–Crippen MR) is 80.6 cm³/mol. The number of rotatable bonds is 5. The Bertz CT molecular complexity index is 503. The van der Waals surface area contributed by atoms with E-state index in [4.69, 9.17) is 4.74 Å². The topological polar surface area (TPSA) is 32.8 Å². The molecule has 1 aliphatic heterocycles. The van der Waals surface area contributed by atoms with Gasteiger partial charge in [0.05, 0.1) is 0 Å². The summed E-state index contributed by atoms with van der Waals surface area (Å²) in [7, 11) is 3.87. The molecule has 0 aromatic heterocycles. The van der Waals surface area contributed by atoms with E-state index in [0.717, 1.165) is 25.9 Å². The largest absolute Gasteiger partial charge is 0.488 e. The van der Waals surface area contributed by atoms with Gasteiger partial charge in [-0.1, -0.05) is 6.07 Å². The molecule has 22 heavy (non-hydrogen) atoms. The van der Waals surface area contributed by atoms with Crippen LogP contribution in [0.2, 0.25) is 0 Å². The smallest absolute Gasteiger partial charge is 0.272 e. The molecule has 0 atom stereocenters. The van der Waals surface area contributed by atoms with Gasteiger partial charge in [-0.3, -0.25) is 4.79 Å². The number of halogens is 2. The van der Waals surface area contributed by atoms with E-state index in [1.54, 1.807) is 30.1 Å². The molecule has 1 saturated heterocycles. The highest BCUT2D eigenvalue weighted by molar-refractivity contribution is 5.94. The first-order valence-electron chi connectivity index (χ1n) is 7.44. The van der Waals surface area contributed by atoms with Gasteiger partial charge in [0.15, 0.2) is 0 Å². The van der Waals surface area contributed by atoms with Crippen molar-refractivity contribution in [1.29, 1.82) is 0 Å². The van der Waals surface area contributed by atoms with E-state index in [0.29, 0.717) is 11.3 Å². The Morgan fingerprint density at radius 1 is 1.41 bits per heavy atom. The number of benzene rings is 1. The minimum absolute atomic E-state index is 0.1000. The van der Waals surface area contributed by atoms with Crippen LogP contribution >= 0.6 is 0 Å². The molecule has 0 radical (unpaired) electrons. The van der Waals surface area contributed by atoms with Crippen LogP contribution in [0.5, 0.6) is 5.75 Å². The summed E-state index contributed by atoms with van der Waals surface area (Å²) in [6.07, 6.45) is -0.637. The van der Waals surface area contributed by atoms with Gasteiger partial charge in [0.25, 0.3) is 12.3 Å². The van der Waals surface area contributed by atoms with Crippen molar-refractivity contribution >= 4 is 5.91 Å². The molecule has 1 aromatic rings. The monoisotopic (exact) mass is 312 g/mol. The molecule has 0 saturated carbocycles. The molecule has 0 N–H and O–H groups in total. The maximum atomic E-state index is 12.5. The summed E-state index contributed by atoms with van der Waals surface area (Å²) >= 11 is 0. The third-order valence-electron chi connectivity index (χ3n) is 4.01. The van der Waals surface area contributed by atoms with Crippen LogP contribution in [0.4, 0.5) is 8.78 Å². The number of piperidine rings is 1. The molecule has 0 bridgehead atoms. The van der Waals surface area contributed by atoms with Crippen LogP contribution in [0.1, 0.15) is 23.2 Å². The Balaban J connectivity index is 2.00. The molecule has 6 heteroatoms. The Morgan fingerprint density at radius 3 is 2.73 bits per heavy atom. The first kappa shape index (κ1) is 16.7. The lowest BCUT2D eigenvalue weighted by atomic mass is 10.0. The number of carbonyl (C=O) groups is 1. The minimum atomic E-state index is -2.53. The molecule has 2 rings (SSSR count). The van der Waals surface area contributed by atoms with Gasteiger partial charge in [-0.15, -0.1) is 0 Å². The van der Waals surface area contributed by atoms with Gasteiger partial charge in [0, 0.05) is 18.7 Å². The summed E-state index contributed by atoms with van der Waals surface area (Å²) in [4.78, 5) is 16.5. The van der Waals surface area contributed by atoms with E-state index in [2.05, 4.69) is 11.9 Å². The molecule has 1 aliphatic rings. The maximum Gasteiger partial charge on any atom is 0.272 e. The molecule has 0 unspecified atom stereocenters. The van der Waals surface area contributed by atoms with E-state index >= 15 is 0 Å². The van der Waals surface area contributed by atoms with Crippen LogP contribution in [0.3, 0.4) is 0 Å². The predicted octanol–water partition coefficient (Wildman–Crippen LogP) is 2.50. The molecule has 1 fully saturated rings. The van der Waals surface area contributed by atoms with Gasteiger partial charge in [-0.25, -0.2) is 8.78 Å². The van der Waals surface area contributed by atoms with Crippen LogP contribution < -0.4 is 4.74 Å². The maximum absolute atomic E-state index is 12.5. The van der Waals surface area contributed by atoms with E-state index < -0.39 is 13.0 Å².